The summed E-state index contributed by atoms with van der Waals surface area (Å²) in [6.07, 6.45) is 2.08. The predicted molar refractivity (Wildman–Crippen MR) is 81.9 cm³/mol. The van der Waals surface area contributed by atoms with E-state index in [-0.39, 0.29) is 5.91 Å². The molecular weight excluding hydrogens is 336 g/mol. The topological polar surface area (TPSA) is 68.3 Å². The lowest BCUT2D eigenvalue weighted by Gasteiger charge is -2.13. The molecule has 2 rings (SSSR count). The van der Waals surface area contributed by atoms with Gasteiger partial charge in [-0.3, -0.25) is 9.78 Å². The molecule has 0 aliphatic rings. The second-order valence-electron chi connectivity index (χ2n) is 4.28. The molecule has 0 unspecified atom stereocenters. The summed E-state index contributed by atoms with van der Waals surface area (Å²) in [6.45, 7) is 1.52. The van der Waals surface area contributed by atoms with Crippen LogP contribution in [0.25, 0.3) is 0 Å². The van der Waals surface area contributed by atoms with Gasteiger partial charge in [0.15, 0.2) is 6.10 Å². The van der Waals surface area contributed by atoms with Gasteiger partial charge in [0.05, 0.1) is 5.56 Å². The number of amides is 1. The average molecular weight is 349 g/mol. The number of aromatic nitrogens is 1. The van der Waals surface area contributed by atoms with Gasteiger partial charge >= 0.3 is 5.97 Å². The number of hydrogen-bond donors (Lipinski definition) is 1. The van der Waals surface area contributed by atoms with Gasteiger partial charge in [0.2, 0.25) is 0 Å². The van der Waals surface area contributed by atoms with Crippen LogP contribution in [0.1, 0.15) is 17.3 Å². The molecular formula is C15H13BrN2O3. The number of carbonyl (C=O) groups excluding carboxylic acids is 2. The number of nitrogens with one attached hydrogen (secondary N) is 1. The Kier molecular flexibility index (Phi) is 5.05. The van der Waals surface area contributed by atoms with Gasteiger partial charge in [0, 0.05) is 22.6 Å². The normalized spacial score (nSPS) is 11.5. The molecule has 0 saturated carbocycles. The third kappa shape index (κ3) is 4.39. The minimum atomic E-state index is -0.894. The van der Waals surface area contributed by atoms with Crippen LogP contribution in [0.15, 0.2) is 53.3 Å². The molecule has 0 fully saturated rings. The second-order valence-corrected chi connectivity index (χ2v) is 5.20. The van der Waals surface area contributed by atoms with E-state index in [0.29, 0.717) is 11.3 Å². The van der Waals surface area contributed by atoms with Crippen LogP contribution in [0.3, 0.4) is 0 Å². The third-order valence-electron chi connectivity index (χ3n) is 2.68. The lowest BCUT2D eigenvalue weighted by Crippen LogP contribution is -2.29. The predicted octanol–water partition coefficient (Wildman–Crippen LogP) is 3.03. The van der Waals surface area contributed by atoms with Crippen molar-refractivity contribution in [1.82, 2.24) is 4.98 Å². The van der Waals surface area contributed by atoms with Gasteiger partial charge in [-0.05, 0) is 43.3 Å². The monoisotopic (exact) mass is 348 g/mol. The summed E-state index contributed by atoms with van der Waals surface area (Å²) in [5.74, 6) is -0.949. The van der Waals surface area contributed by atoms with Crippen LogP contribution in [-0.4, -0.2) is 23.0 Å². The highest BCUT2D eigenvalue weighted by atomic mass is 79.9. The first-order valence-electron chi connectivity index (χ1n) is 6.23. The number of carbonyl (C=O) groups is 2. The number of hydrogen-bond acceptors (Lipinski definition) is 4. The Hall–Kier alpha value is -2.21. The van der Waals surface area contributed by atoms with Crippen molar-refractivity contribution in [3.8, 4) is 0 Å². The SMILES string of the molecule is C[C@@H](OC(=O)c1ccncc1)C(=O)Nc1ccc(Br)cc1. The van der Waals surface area contributed by atoms with E-state index in [2.05, 4.69) is 26.2 Å². The van der Waals surface area contributed by atoms with Gasteiger partial charge in [-0.15, -0.1) is 0 Å². The van der Waals surface area contributed by atoms with E-state index in [1.54, 1.807) is 12.1 Å². The molecule has 0 spiro atoms. The van der Waals surface area contributed by atoms with E-state index >= 15 is 0 Å². The summed E-state index contributed by atoms with van der Waals surface area (Å²) in [7, 11) is 0. The molecule has 1 aromatic heterocycles. The zero-order valence-corrected chi connectivity index (χ0v) is 12.8. The van der Waals surface area contributed by atoms with Crippen LogP contribution >= 0.6 is 15.9 Å². The number of ether oxygens (including phenoxy) is 1. The largest absolute Gasteiger partial charge is 0.449 e. The second kappa shape index (κ2) is 6.99. The van der Waals surface area contributed by atoms with Gasteiger partial charge in [-0.1, -0.05) is 15.9 Å². The minimum Gasteiger partial charge on any atom is -0.449 e. The molecule has 1 atom stereocenters. The Labute approximate surface area is 130 Å². The van der Waals surface area contributed by atoms with Crippen LogP contribution in [-0.2, 0) is 9.53 Å². The van der Waals surface area contributed by atoms with E-state index in [9.17, 15) is 9.59 Å². The molecule has 0 aliphatic heterocycles. The number of halogens is 1. The Bertz CT molecular complexity index is 629. The highest BCUT2D eigenvalue weighted by Crippen LogP contribution is 2.14. The van der Waals surface area contributed by atoms with Crippen molar-refractivity contribution in [2.24, 2.45) is 0 Å². The van der Waals surface area contributed by atoms with Crippen molar-refractivity contribution in [3.63, 3.8) is 0 Å². The van der Waals surface area contributed by atoms with Gasteiger partial charge in [-0.2, -0.15) is 0 Å². The molecule has 0 aliphatic carbocycles. The summed E-state index contributed by atoms with van der Waals surface area (Å²) in [4.78, 5) is 27.6. The van der Waals surface area contributed by atoms with E-state index in [1.807, 2.05) is 12.1 Å². The lowest BCUT2D eigenvalue weighted by atomic mass is 10.2. The standard InChI is InChI=1S/C15H13BrN2O3/c1-10(21-15(20)11-6-8-17-9-7-11)14(19)18-13-4-2-12(16)3-5-13/h2-10H,1H3,(H,18,19)/t10-/m1/s1. The maximum absolute atomic E-state index is 12.0. The number of nitrogens with zero attached hydrogens (tertiary/aromatic N) is 1. The first-order chi connectivity index (χ1) is 10.1. The number of esters is 1. The fourth-order valence-electron chi connectivity index (χ4n) is 1.55. The lowest BCUT2D eigenvalue weighted by molar-refractivity contribution is -0.123. The van der Waals surface area contributed by atoms with E-state index < -0.39 is 12.1 Å². The van der Waals surface area contributed by atoms with Crippen LogP contribution < -0.4 is 5.32 Å². The summed E-state index contributed by atoms with van der Waals surface area (Å²) < 4.78 is 6.02. The Morgan fingerprint density at radius 3 is 2.38 bits per heavy atom. The first-order valence-corrected chi connectivity index (χ1v) is 7.03. The van der Waals surface area contributed by atoms with Crippen molar-refractivity contribution >= 4 is 33.5 Å². The first kappa shape index (κ1) is 15.2. The van der Waals surface area contributed by atoms with E-state index in [1.165, 1.54) is 31.5 Å². The van der Waals surface area contributed by atoms with Gasteiger partial charge < -0.3 is 10.1 Å². The van der Waals surface area contributed by atoms with Crippen molar-refractivity contribution in [3.05, 3.63) is 58.8 Å². The maximum atomic E-state index is 12.0. The highest BCUT2D eigenvalue weighted by molar-refractivity contribution is 9.10. The van der Waals surface area contributed by atoms with Crippen molar-refractivity contribution < 1.29 is 14.3 Å². The van der Waals surface area contributed by atoms with Crippen molar-refractivity contribution in [2.75, 3.05) is 5.32 Å². The smallest absolute Gasteiger partial charge is 0.339 e. The molecule has 5 nitrogen and oxygen atoms in total. The maximum Gasteiger partial charge on any atom is 0.339 e. The number of benzene rings is 1. The van der Waals surface area contributed by atoms with E-state index in [4.69, 9.17) is 4.74 Å². The summed E-state index contributed by atoms with van der Waals surface area (Å²) >= 11 is 3.31. The summed E-state index contributed by atoms with van der Waals surface area (Å²) in [5, 5.41) is 2.68. The Balaban J connectivity index is 1.93. The summed E-state index contributed by atoms with van der Waals surface area (Å²) in [6, 6.07) is 10.2. The zero-order chi connectivity index (χ0) is 15.2. The molecule has 2 aromatic rings. The molecule has 1 aromatic carbocycles. The minimum absolute atomic E-state index is 0.355. The summed E-state index contributed by atoms with van der Waals surface area (Å²) in [5.41, 5.74) is 0.989. The molecule has 0 saturated heterocycles. The molecule has 1 N–H and O–H groups in total. The van der Waals surface area contributed by atoms with Crippen molar-refractivity contribution in [2.45, 2.75) is 13.0 Å². The van der Waals surface area contributed by atoms with Crippen LogP contribution in [0.2, 0.25) is 0 Å². The van der Waals surface area contributed by atoms with Crippen LogP contribution in [0.4, 0.5) is 5.69 Å². The molecule has 6 heteroatoms. The molecule has 1 amide bonds. The molecule has 108 valence electrons. The highest BCUT2D eigenvalue weighted by Gasteiger charge is 2.18. The average Bonchev–Trinajstić information content (AvgIpc) is 2.50. The fraction of sp³-hybridized carbons (Fsp3) is 0.133. The Morgan fingerprint density at radius 2 is 1.76 bits per heavy atom. The third-order valence-corrected chi connectivity index (χ3v) is 3.21. The number of anilines is 1. The van der Waals surface area contributed by atoms with Crippen molar-refractivity contribution in [1.29, 1.82) is 0 Å². The molecule has 0 bridgehead atoms. The molecule has 0 radical (unpaired) electrons. The quantitative estimate of drug-likeness (QED) is 0.862. The Morgan fingerprint density at radius 1 is 1.14 bits per heavy atom. The van der Waals surface area contributed by atoms with Crippen LogP contribution in [0.5, 0.6) is 0 Å². The van der Waals surface area contributed by atoms with Gasteiger partial charge in [0.25, 0.3) is 5.91 Å². The fourth-order valence-corrected chi connectivity index (χ4v) is 1.81. The molecule has 21 heavy (non-hydrogen) atoms. The zero-order valence-electron chi connectivity index (χ0n) is 11.2. The molecule has 1 heterocycles. The number of pyridine rings is 1. The van der Waals surface area contributed by atoms with E-state index in [0.717, 1.165) is 4.47 Å². The number of rotatable bonds is 4. The van der Waals surface area contributed by atoms with Gasteiger partial charge in [-0.25, -0.2) is 4.79 Å². The van der Waals surface area contributed by atoms with Gasteiger partial charge in [0.1, 0.15) is 0 Å². The van der Waals surface area contributed by atoms with Crippen LogP contribution in [0, 0.1) is 0 Å².